The first kappa shape index (κ1) is 9.97. The molecular weight excluding hydrogens is 214 g/mol. The molecule has 2 aromatic rings. The molecule has 8 heteroatoms. The molecule has 0 fully saturated rings. The highest BCUT2D eigenvalue weighted by Gasteiger charge is 2.09. The number of rotatable bonds is 3. The van der Waals surface area contributed by atoms with E-state index >= 15 is 0 Å². The lowest BCUT2D eigenvalue weighted by Crippen LogP contribution is -2.10. The predicted molar refractivity (Wildman–Crippen MR) is 58.9 cm³/mol. The number of nitrogens with one attached hydrogen (secondary N) is 1. The first-order valence-corrected chi connectivity index (χ1v) is 5.65. The molecular formula is C7H11N7S. The van der Waals surface area contributed by atoms with E-state index < -0.39 is 0 Å². The van der Waals surface area contributed by atoms with Gasteiger partial charge in [0.1, 0.15) is 0 Å². The van der Waals surface area contributed by atoms with Gasteiger partial charge in [-0.3, -0.25) is 0 Å². The quantitative estimate of drug-likeness (QED) is 0.723. The van der Waals surface area contributed by atoms with E-state index in [1.54, 1.807) is 4.52 Å². The number of nitrogens with two attached hydrogens (primary N) is 1. The van der Waals surface area contributed by atoms with E-state index in [1.807, 2.05) is 13.2 Å². The lowest BCUT2D eigenvalue weighted by Gasteiger charge is -2.03. The third-order valence-electron chi connectivity index (χ3n) is 1.72. The average molecular weight is 225 g/mol. The SMILES string of the molecule is CCNc1nc(N)nc2nc(SC)nn12. The van der Waals surface area contributed by atoms with Crippen LogP contribution < -0.4 is 11.1 Å². The summed E-state index contributed by atoms with van der Waals surface area (Å²) in [4.78, 5) is 12.2. The Morgan fingerprint density at radius 3 is 2.87 bits per heavy atom. The van der Waals surface area contributed by atoms with Gasteiger partial charge in [-0.15, -0.1) is 5.10 Å². The topological polar surface area (TPSA) is 94.0 Å². The fourth-order valence-electron chi connectivity index (χ4n) is 1.14. The second kappa shape index (κ2) is 3.89. The molecule has 2 aromatic heterocycles. The molecule has 0 bridgehead atoms. The number of aromatic nitrogens is 5. The van der Waals surface area contributed by atoms with Crippen molar-refractivity contribution in [2.75, 3.05) is 23.9 Å². The summed E-state index contributed by atoms with van der Waals surface area (Å²) >= 11 is 1.45. The first-order chi connectivity index (χ1) is 7.24. The van der Waals surface area contributed by atoms with Gasteiger partial charge in [-0.2, -0.15) is 19.5 Å². The lowest BCUT2D eigenvalue weighted by atomic mass is 10.7. The van der Waals surface area contributed by atoms with Gasteiger partial charge in [-0.25, -0.2) is 0 Å². The van der Waals surface area contributed by atoms with Crippen LogP contribution in [0.4, 0.5) is 11.9 Å². The van der Waals surface area contributed by atoms with Gasteiger partial charge in [0.2, 0.25) is 17.1 Å². The van der Waals surface area contributed by atoms with Crippen molar-refractivity contribution in [2.24, 2.45) is 0 Å². The molecule has 0 aliphatic heterocycles. The molecule has 0 aromatic carbocycles. The van der Waals surface area contributed by atoms with Crippen molar-refractivity contribution in [2.45, 2.75) is 12.1 Å². The fraction of sp³-hybridized carbons (Fsp3) is 0.429. The van der Waals surface area contributed by atoms with Crippen LogP contribution in [0.15, 0.2) is 5.16 Å². The molecule has 15 heavy (non-hydrogen) atoms. The van der Waals surface area contributed by atoms with Gasteiger partial charge < -0.3 is 11.1 Å². The summed E-state index contributed by atoms with van der Waals surface area (Å²) in [5.41, 5.74) is 5.56. The zero-order chi connectivity index (χ0) is 10.8. The number of nitrogen functional groups attached to an aromatic ring is 1. The number of hydrogen-bond acceptors (Lipinski definition) is 7. The monoisotopic (exact) mass is 225 g/mol. The van der Waals surface area contributed by atoms with Gasteiger partial charge in [0, 0.05) is 6.54 Å². The molecule has 0 amide bonds. The van der Waals surface area contributed by atoms with Crippen LogP contribution in [0.5, 0.6) is 0 Å². The molecule has 80 valence electrons. The van der Waals surface area contributed by atoms with Crippen LogP contribution in [0.25, 0.3) is 5.78 Å². The van der Waals surface area contributed by atoms with E-state index in [4.69, 9.17) is 5.73 Å². The Hall–Kier alpha value is -1.57. The van der Waals surface area contributed by atoms with Crippen molar-refractivity contribution in [1.29, 1.82) is 0 Å². The van der Waals surface area contributed by atoms with Gasteiger partial charge in [0.25, 0.3) is 5.78 Å². The van der Waals surface area contributed by atoms with Crippen molar-refractivity contribution in [3.63, 3.8) is 0 Å². The fourth-order valence-corrected chi connectivity index (χ4v) is 1.48. The maximum absolute atomic E-state index is 5.56. The molecule has 0 aliphatic carbocycles. The highest BCUT2D eigenvalue weighted by Crippen LogP contribution is 2.13. The summed E-state index contributed by atoms with van der Waals surface area (Å²) in [5.74, 6) is 1.22. The standard InChI is InChI=1S/C7H11N7S/c1-3-9-5-10-4(8)11-6-12-7(15-2)13-14(5)6/h3H2,1-2H3,(H3,8,9,10,11,12,13). The van der Waals surface area contributed by atoms with E-state index in [9.17, 15) is 0 Å². The summed E-state index contributed by atoms with van der Waals surface area (Å²) in [5, 5.41) is 7.91. The Morgan fingerprint density at radius 1 is 1.40 bits per heavy atom. The van der Waals surface area contributed by atoms with Gasteiger partial charge in [0.05, 0.1) is 0 Å². The zero-order valence-electron chi connectivity index (χ0n) is 8.43. The van der Waals surface area contributed by atoms with Crippen LogP contribution in [-0.4, -0.2) is 37.4 Å². The molecule has 7 nitrogen and oxygen atoms in total. The lowest BCUT2D eigenvalue weighted by molar-refractivity contribution is 0.853. The molecule has 0 radical (unpaired) electrons. The van der Waals surface area contributed by atoms with Gasteiger partial charge in [-0.1, -0.05) is 11.8 Å². The van der Waals surface area contributed by atoms with Crippen molar-refractivity contribution in [3.8, 4) is 0 Å². The minimum absolute atomic E-state index is 0.193. The molecule has 0 saturated heterocycles. The van der Waals surface area contributed by atoms with Crippen LogP contribution in [0.2, 0.25) is 0 Å². The highest BCUT2D eigenvalue weighted by atomic mass is 32.2. The summed E-state index contributed by atoms with van der Waals surface area (Å²) in [6.45, 7) is 2.70. The number of hydrogen-bond donors (Lipinski definition) is 2. The zero-order valence-corrected chi connectivity index (χ0v) is 9.25. The van der Waals surface area contributed by atoms with E-state index in [0.29, 0.717) is 16.9 Å². The van der Waals surface area contributed by atoms with Crippen molar-refractivity contribution in [3.05, 3.63) is 0 Å². The second-order valence-corrected chi connectivity index (χ2v) is 3.52. The van der Waals surface area contributed by atoms with Crippen LogP contribution in [0.3, 0.4) is 0 Å². The van der Waals surface area contributed by atoms with E-state index in [1.165, 1.54) is 11.8 Å². The number of anilines is 2. The second-order valence-electron chi connectivity index (χ2n) is 2.75. The van der Waals surface area contributed by atoms with Crippen molar-refractivity contribution >= 4 is 29.4 Å². The molecule has 2 heterocycles. The largest absolute Gasteiger partial charge is 0.368 e. The Labute approximate surface area is 90.5 Å². The van der Waals surface area contributed by atoms with Gasteiger partial charge >= 0.3 is 0 Å². The molecule has 0 saturated carbocycles. The number of nitrogens with zero attached hydrogens (tertiary/aromatic N) is 5. The minimum Gasteiger partial charge on any atom is -0.368 e. The Morgan fingerprint density at radius 2 is 2.20 bits per heavy atom. The average Bonchev–Trinajstić information content (AvgIpc) is 2.61. The van der Waals surface area contributed by atoms with Crippen molar-refractivity contribution in [1.82, 2.24) is 24.6 Å². The third-order valence-corrected chi connectivity index (χ3v) is 2.26. The number of fused-ring (bicyclic) bond motifs is 1. The van der Waals surface area contributed by atoms with Crippen LogP contribution in [0, 0.1) is 0 Å². The van der Waals surface area contributed by atoms with E-state index in [-0.39, 0.29) is 5.95 Å². The smallest absolute Gasteiger partial charge is 0.259 e. The Kier molecular flexibility index (Phi) is 2.58. The minimum atomic E-state index is 0.193. The molecule has 0 aliphatic rings. The molecule has 3 N–H and O–H groups in total. The summed E-state index contributed by atoms with van der Waals surface area (Å²) in [6, 6.07) is 0. The molecule has 0 unspecified atom stereocenters. The van der Waals surface area contributed by atoms with Crippen LogP contribution in [0.1, 0.15) is 6.92 Å². The maximum atomic E-state index is 5.56. The van der Waals surface area contributed by atoms with Crippen LogP contribution in [-0.2, 0) is 0 Å². The van der Waals surface area contributed by atoms with Gasteiger partial charge in [-0.05, 0) is 13.2 Å². The van der Waals surface area contributed by atoms with Gasteiger partial charge in [0.15, 0.2) is 0 Å². The summed E-state index contributed by atoms with van der Waals surface area (Å²) in [6.07, 6.45) is 1.90. The third kappa shape index (κ3) is 1.80. The molecule has 2 rings (SSSR count). The first-order valence-electron chi connectivity index (χ1n) is 4.42. The molecule has 0 atom stereocenters. The highest BCUT2D eigenvalue weighted by molar-refractivity contribution is 7.98. The van der Waals surface area contributed by atoms with E-state index in [0.717, 1.165) is 6.54 Å². The van der Waals surface area contributed by atoms with Crippen LogP contribution >= 0.6 is 11.8 Å². The number of thioether (sulfide) groups is 1. The van der Waals surface area contributed by atoms with Crippen molar-refractivity contribution < 1.29 is 0 Å². The van der Waals surface area contributed by atoms with E-state index in [2.05, 4.69) is 25.4 Å². The summed E-state index contributed by atoms with van der Waals surface area (Å²) in [7, 11) is 0. The predicted octanol–water partition coefficient (Wildman–Crippen LogP) is 0.255. The Balaban J connectivity index is 2.61. The maximum Gasteiger partial charge on any atom is 0.259 e. The molecule has 0 spiro atoms. The Bertz CT molecular complexity index is 479. The normalized spacial score (nSPS) is 10.8. The summed E-state index contributed by atoms with van der Waals surface area (Å²) < 4.78 is 1.55.